The van der Waals surface area contributed by atoms with E-state index in [0.717, 1.165) is 0 Å². The summed E-state index contributed by atoms with van der Waals surface area (Å²) in [6.07, 6.45) is 7.20. The summed E-state index contributed by atoms with van der Waals surface area (Å²) in [5, 5.41) is 1.38. The molecule has 0 spiro atoms. The molecule has 2 nitrogen and oxygen atoms in total. The maximum Gasteiger partial charge on any atom is 0.0486 e. The smallest absolute Gasteiger partial charge is 0.0486 e. The Morgan fingerprint density at radius 1 is 1.17 bits per heavy atom. The van der Waals surface area contributed by atoms with Crippen LogP contribution in [-0.4, -0.2) is 11.0 Å². The molecule has 96 valence electrons. The number of hydrogen-bond donors (Lipinski definition) is 2. The Morgan fingerprint density at radius 2 is 1.94 bits per heavy atom. The van der Waals surface area contributed by atoms with Gasteiger partial charge in [-0.05, 0) is 43.9 Å². The maximum atomic E-state index is 6.32. The first kappa shape index (κ1) is 11.8. The number of aromatic amines is 1. The second kappa shape index (κ2) is 4.43. The van der Waals surface area contributed by atoms with Crippen molar-refractivity contribution in [3.63, 3.8) is 0 Å². The fraction of sp³-hybridized carbons (Fsp3) is 0.500. The molecule has 1 fully saturated rings. The van der Waals surface area contributed by atoms with E-state index in [0.29, 0.717) is 12.0 Å². The van der Waals surface area contributed by atoms with Crippen molar-refractivity contribution in [1.29, 1.82) is 0 Å². The van der Waals surface area contributed by atoms with Gasteiger partial charge in [0.05, 0.1) is 0 Å². The molecule has 1 aliphatic carbocycles. The first-order chi connectivity index (χ1) is 8.66. The third kappa shape index (κ3) is 1.85. The Labute approximate surface area is 109 Å². The summed E-state index contributed by atoms with van der Waals surface area (Å²) < 4.78 is 0. The number of fused-ring (bicyclic) bond motifs is 1. The maximum absolute atomic E-state index is 6.32. The molecule has 2 aromatic rings. The third-order valence-corrected chi connectivity index (χ3v) is 4.38. The molecule has 1 aromatic heterocycles. The van der Waals surface area contributed by atoms with E-state index in [9.17, 15) is 0 Å². The zero-order chi connectivity index (χ0) is 12.7. The number of hydrogen-bond acceptors (Lipinski definition) is 1. The molecule has 0 bridgehead atoms. The highest BCUT2D eigenvalue weighted by Gasteiger charge is 2.25. The fourth-order valence-electron chi connectivity index (χ4n) is 3.47. The lowest BCUT2D eigenvalue weighted by Gasteiger charge is -2.28. The van der Waals surface area contributed by atoms with E-state index >= 15 is 0 Å². The fourth-order valence-corrected chi connectivity index (χ4v) is 3.47. The molecule has 0 amide bonds. The van der Waals surface area contributed by atoms with Crippen molar-refractivity contribution < 1.29 is 0 Å². The van der Waals surface area contributed by atoms with Crippen LogP contribution in [0.25, 0.3) is 10.9 Å². The van der Waals surface area contributed by atoms with E-state index in [4.69, 9.17) is 5.73 Å². The molecule has 1 aromatic carbocycles. The van der Waals surface area contributed by atoms with Gasteiger partial charge in [-0.2, -0.15) is 0 Å². The molecule has 0 radical (unpaired) electrons. The zero-order valence-electron chi connectivity index (χ0n) is 11.3. The zero-order valence-corrected chi connectivity index (χ0v) is 11.3. The lowest BCUT2D eigenvalue weighted by atomic mass is 9.80. The highest BCUT2D eigenvalue weighted by Crippen LogP contribution is 2.36. The van der Waals surface area contributed by atoms with Gasteiger partial charge in [0.1, 0.15) is 0 Å². The topological polar surface area (TPSA) is 41.8 Å². The first-order valence-electron chi connectivity index (χ1n) is 7.00. The summed E-state index contributed by atoms with van der Waals surface area (Å²) in [4.78, 5) is 3.45. The van der Waals surface area contributed by atoms with Gasteiger partial charge in [0.15, 0.2) is 0 Å². The van der Waals surface area contributed by atoms with Gasteiger partial charge in [0.25, 0.3) is 0 Å². The molecule has 2 atom stereocenters. The van der Waals surface area contributed by atoms with Gasteiger partial charge in [-0.25, -0.2) is 0 Å². The molecular formula is C16H22N2. The van der Waals surface area contributed by atoms with Crippen molar-refractivity contribution in [3.8, 4) is 0 Å². The van der Waals surface area contributed by atoms with Gasteiger partial charge in [-0.15, -0.1) is 0 Å². The monoisotopic (exact) mass is 242 g/mol. The second-order valence-corrected chi connectivity index (χ2v) is 5.80. The van der Waals surface area contributed by atoms with Crippen LogP contribution in [0.1, 0.15) is 48.3 Å². The van der Waals surface area contributed by atoms with E-state index in [2.05, 4.69) is 37.2 Å². The summed E-state index contributed by atoms with van der Waals surface area (Å²) in [6, 6.07) is 4.87. The van der Waals surface area contributed by atoms with Crippen molar-refractivity contribution in [2.75, 3.05) is 0 Å². The highest BCUT2D eigenvalue weighted by atomic mass is 14.7. The number of rotatable bonds is 1. The van der Waals surface area contributed by atoms with Crippen LogP contribution >= 0.6 is 0 Å². The average Bonchev–Trinajstić information content (AvgIpc) is 2.73. The summed E-state index contributed by atoms with van der Waals surface area (Å²) in [6.45, 7) is 4.35. The Balaban J connectivity index is 2.11. The van der Waals surface area contributed by atoms with Crippen LogP contribution in [0, 0.1) is 13.8 Å². The van der Waals surface area contributed by atoms with Gasteiger partial charge in [-0.1, -0.05) is 24.5 Å². The molecule has 3 N–H and O–H groups in total. The molecule has 0 aliphatic heterocycles. The van der Waals surface area contributed by atoms with Gasteiger partial charge in [0.2, 0.25) is 0 Å². The number of benzene rings is 1. The molecule has 0 saturated heterocycles. The summed E-state index contributed by atoms with van der Waals surface area (Å²) >= 11 is 0. The van der Waals surface area contributed by atoms with Crippen LogP contribution in [0.2, 0.25) is 0 Å². The number of aryl methyl sites for hydroxylation is 2. The minimum Gasteiger partial charge on any atom is -0.361 e. The highest BCUT2D eigenvalue weighted by molar-refractivity contribution is 5.87. The molecule has 18 heavy (non-hydrogen) atoms. The van der Waals surface area contributed by atoms with E-state index in [1.54, 1.807) is 0 Å². The number of nitrogens with two attached hydrogens (primary N) is 1. The van der Waals surface area contributed by atoms with Crippen molar-refractivity contribution in [1.82, 2.24) is 4.98 Å². The first-order valence-corrected chi connectivity index (χ1v) is 7.00. The SMILES string of the molecule is Cc1cc(C)c2[nH]cc([C@@H]3CCCC[C@H]3N)c2c1. The minimum atomic E-state index is 0.332. The van der Waals surface area contributed by atoms with Crippen molar-refractivity contribution in [2.45, 2.75) is 51.5 Å². The molecule has 0 unspecified atom stereocenters. The molecule has 1 saturated carbocycles. The second-order valence-electron chi connectivity index (χ2n) is 5.80. The van der Waals surface area contributed by atoms with E-state index in [1.807, 2.05) is 0 Å². The predicted octanol–water partition coefficient (Wildman–Crippen LogP) is 3.77. The Morgan fingerprint density at radius 3 is 2.72 bits per heavy atom. The van der Waals surface area contributed by atoms with Crippen LogP contribution in [0.3, 0.4) is 0 Å². The lowest BCUT2D eigenvalue weighted by Crippen LogP contribution is -2.31. The predicted molar refractivity (Wildman–Crippen MR) is 77.0 cm³/mol. The minimum absolute atomic E-state index is 0.332. The molecule has 1 aliphatic rings. The average molecular weight is 242 g/mol. The van der Waals surface area contributed by atoms with Gasteiger partial charge < -0.3 is 10.7 Å². The molecular weight excluding hydrogens is 220 g/mol. The van der Waals surface area contributed by atoms with Gasteiger partial charge >= 0.3 is 0 Å². The summed E-state index contributed by atoms with van der Waals surface area (Å²) in [5.74, 6) is 0.536. The van der Waals surface area contributed by atoms with Gasteiger partial charge in [0, 0.05) is 29.1 Å². The van der Waals surface area contributed by atoms with E-state index in [-0.39, 0.29) is 0 Å². The number of nitrogens with one attached hydrogen (secondary N) is 1. The van der Waals surface area contributed by atoms with Crippen LogP contribution in [-0.2, 0) is 0 Å². The molecule has 1 heterocycles. The summed E-state index contributed by atoms with van der Waals surface area (Å²) in [5.41, 5.74) is 11.7. The standard InChI is InChI=1S/C16H22N2/c1-10-7-11(2)16-13(8-10)14(9-18-16)12-5-3-4-6-15(12)17/h7-9,12,15,18H,3-6,17H2,1-2H3/t12-,15+/m0/s1. The Kier molecular flexibility index (Phi) is 2.90. The number of H-pyrrole nitrogens is 1. The van der Waals surface area contributed by atoms with Crippen LogP contribution in [0.15, 0.2) is 18.3 Å². The number of aromatic nitrogens is 1. The van der Waals surface area contributed by atoms with Crippen LogP contribution in [0.4, 0.5) is 0 Å². The van der Waals surface area contributed by atoms with Gasteiger partial charge in [-0.3, -0.25) is 0 Å². The Hall–Kier alpha value is -1.28. The quantitative estimate of drug-likeness (QED) is 0.785. The Bertz CT molecular complexity index is 568. The van der Waals surface area contributed by atoms with Crippen molar-refractivity contribution in [3.05, 3.63) is 35.0 Å². The molecule has 3 rings (SSSR count). The normalized spacial score (nSPS) is 24.6. The van der Waals surface area contributed by atoms with Crippen LogP contribution in [0.5, 0.6) is 0 Å². The summed E-state index contributed by atoms with van der Waals surface area (Å²) in [7, 11) is 0. The van der Waals surface area contributed by atoms with E-state index in [1.165, 1.54) is 53.3 Å². The van der Waals surface area contributed by atoms with E-state index < -0.39 is 0 Å². The molecule has 2 heteroatoms. The third-order valence-electron chi connectivity index (χ3n) is 4.38. The largest absolute Gasteiger partial charge is 0.361 e. The lowest BCUT2D eigenvalue weighted by molar-refractivity contribution is 0.387. The van der Waals surface area contributed by atoms with Crippen LogP contribution < -0.4 is 5.73 Å². The van der Waals surface area contributed by atoms with Crippen molar-refractivity contribution >= 4 is 10.9 Å². The van der Waals surface area contributed by atoms with Crippen molar-refractivity contribution in [2.24, 2.45) is 5.73 Å².